The van der Waals surface area contributed by atoms with Crippen LogP contribution in [0.2, 0.25) is 0 Å². The van der Waals surface area contributed by atoms with Gasteiger partial charge in [-0.05, 0) is 119 Å². The number of fused-ring (bicyclic) bond motifs is 6. The standard InChI is InChI=1S/C53H72N8O6/c1-11-60-45-22-20-37-28-41(45)42(48(60)40-17-13-23-54-46(40)34(6)66-10)29-53(7,8)30-67-52(65)43-18-14-24-61(58-43)51(64)44(26-35-15-12-16-36(37)25-35)57-49(62)47(32(2)3)59(9)50(63)38-19-21-39(27-38)56-31-55-33(4)5/h12-13,15-17,20,22-23,25,28,31-34,38-39,43-44,47,58H,11,14,18-19,21,24,26-27,29-30H2,1-10H3,(H,55,56)(H,57,62)/t34-,38-,39-,43-,44-,47-/m0/s1. The maximum absolute atomic E-state index is 14.8. The smallest absolute Gasteiger partial charge is 0.324 e. The van der Waals surface area contributed by atoms with Crippen molar-refractivity contribution in [3.05, 3.63) is 77.6 Å². The molecule has 1 saturated carbocycles. The van der Waals surface area contributed by atoms with E-state index in [1.807, 2.05) is 52.8 Å². The van der Waals surface area contributed by atoms with Gasteiger partial charge in [0.25, 0.3) is 5.91 Å². The number of aliphatic imine (C=N–C) groups is 1. The highest BCUT2D eigenvalue weighted by Gasteiger charge is 2.40. The Morgan fingerprint density at radius 2 is 1.82 bits per heavy atom. The van der Waals surface area contributed by atoms with Crippen LogP contribution in [0.3, 0.4) is 0 Å². The van der Waals surface area contributed by atoms with Gasteiger partial charge in [0.1, 0.15) is 18.1 Å². The highest BCUT2D eigenvalue weighted by molar-refractivity contribution is 5.96. The fraction of sp³-hybridized carbons (Fsp3) is 0.547. The Morgan fingerprint density at radius 1 is 1.04 bits per heavy atom. The molecule has 2 aromatic carbocycles. The zero-order valence-electron chi connectivity index (χ0n) is 41.2. The Labute approximate surface area is 396 Å². The second-order valence-corrected chi connectivity index (χ2v) is 20.2. The summed E-state index contributed by atoms with van der Waals surface area (Å²) in [7, 11) is 3.39. The molecule has 4 heterocycles. The number of ether oxygens (including phenoxy) is 2. The normalized spacial score (nSPS) is 22.2. The highest BCUT2D eigenvalue weighted by Crippen LogP contribution is 2.42. The van der Waals surface area contributed by atoms with Gasteiger partial charge in [-0.15, -0.1) is 0 Å². The van der Waals surface area contributed by atoms with Crippen LogP contribution in [0, 0.1) is 17.3 Å². The molecule has 4 aromatic rings. The first-order valence-corrected chi connectivity index (χ1v) is 24.3. The van der Waals surface area contributed by atoms with Crippen molar-refractivity contribution in [1.29, 1.82) is 0 Å². The first-order chi connectivity index (χ1) is 32.0. The number of rotatable bonds is 12. The van der Waals surface area contributed by atoms with Crippen LogP contribution in [0.5, 0.6) is 0 Å². The van der Waals surface area contributed by atoms with E-state index >= 15 is 0 Å². The topological polar surface area (TPSA) is 159 Å². The van der Waals surface area contributed by atoms with E-state index in [-0.39, 0.29) is 54.9 Å². The lowest BCUT2D eigenvalue weighted by atomic mass is 9.84. The lowest BCUT2D eigenvalue weighted by Crippen LogP contribution is -2.62. The molecule has 360 valence electrons. The second kappa shape index (κ2) is 21.1. The quantitative estimate of drug-likeness (QED) is 0.0747. The Bertz CT molecular complexity index is 2460. The van der Waals surface area contributed by atoms with Crippen molar-refractivity contribution in [2.75, 3.05) is 27.3 Å². The SMILES string of the molecule is CCn1c(-c2cccnc2[C@H](C)OC)c2c3cc(ccc31)-c1cccc(c1)C[C@H](NC(=O)[C@H](C(C)C)N(C)C(=O)[C@H]1CC[C@H](N=CNC(C)C)C1)C(=O)N1CCC[C@H](N1)C(=O)OCC(C)(C)C2. The van der Waals surface area contributed by atoms with Gasteiger partial charge >= 0.3 is 5.97 Å². The van der Waals surface area contributed by atoms with E-state index in [2.05, 4.69) is 82.8 Å². The number of aryl methyl sites for hydroxylation is 1. The Hall–Kier alpha value is -5.60. The number of carbonyl (C=O) groups is 4. The van der Waals surface area contributed by atoms with Crippen LogP contribution >= 0.6 is 0 Å². The van der Waals surface area contributed by atoms with Gasteiger partial charge in [-0.3, -0.25) is 34.2 Å². The molecule has 67 heavy (non-hydrogen) atoms. The molecule has 14 heteroatoms. The molecule has 0 spiro atoms. The zero-order chi connectivity index (χ0) is 48.2. The minimum Gasteiger partial charge on any atom is -0.464 e. The summed E-state index contributed by atoms with van der Waals surface area (Å²) >= 11 is 0. The molecule has 14 nitrogen and oxygen atoms in total. The first-order valence-electron chi connectivity index (χ1n) is 24.3. The molecule has 1 saturated heterocycles. The van der Waals surface area contributed by atoms with Crippen LogP contribution in [0.25, 0.3) is 33.3 Å². The average Bonchev–Trinajstić information content (AvgIpc) is 3.91. The van der Waals surface area contributed by atoms with E-state index < -0.39 is 35.4 Å². The number of hydrogen-bond donors (Lipinski definition) is 3. The van der Waals surface area contributed by atoms with Crippen molar-refractivity contribution in [1.82, 2.24) is 35.5 Å². The van der Waals surface area contributed by atoms with Gasteiger partial charge < -0.3 is 29.6 Å². The third kappa shape index (κ3) is 11.1. The molecule has 2 aliphatic heterocycles. The third-order valence-corrected chi connectivity index (χ3v) is 13.7. The minimum absolute atomic E-state index is 0.0362. The molecule has 0 unspecified atom stereocenters. The number of aromatic nitrogens is 2. The molecule has 3 aliphatic rings. The summed E-state index contributed by atoms with van der Waals surface area (Å²) in [6.45, 7) is 17.5. The number of pyridine rings is 1. The number of hydrazine groups is 1. The van der Waals surface area contributed by atoms with Crippen molar-refractivity contribution < 1.29 is 28.7 Å². The lowest BCUT2D eigenvalue weighted by molar-refractivity contribution is -0.155. The fourth-order valence-corrected chi connectivity index (χ4v) is 10.2. The van der Waals surface area contributed by atoms with Crippen molar-refractivity contribution >= 4 is 40.9 Å². The number of benzene rings is 2. The molecule has 2 fully saturated rings. The number of nitrogens with one attached hydrogen (secondary N) is 3. The molecule has 7 rings (SSSR count). The summed E-state index contributed by atoms with van der Waals surface area (Å²) in [5.41, 5.74) is 10.6. The number of likely N-dealkylation sites (N-methyl/N-ethyl adjacent to an activating group) is 1. The van der Waals surface area contributed by atoms with Crippen LogP contribution in [0.4, 0.5) is 0 Å². The predicted octanol–water partition coefficient (Wildman–Crippen LogP) is 7.42. The van der Waals surface area contributed by atoms with Crippen LogP contribution in [0.15, 0.2) is 65.8 Å². The van der Waals surface area contributed by atoms with E-state index in [9.17, 15) is 19.2 Å². The van der Waals surface area contributed by atoms with Gasteiger partial charge in [0, 0.05) is 73.7 Å². The summed E-state index contributed by atoms with van der Waals surface area (Å²) in [5.74, 6) is -1.80. The number of carbonyl (C=O) groups excluding carboxylic acids is 4. The van der Waals surface area contributed by atoms with E-state index in [0.717, 1.165) is 56.5 Å². The summed E-state index contributed by atoms with van der Waals surface area (Å²) < 4.78 is 14.3. The molecule has 3 N–H and O–H groups in total. The molecule has 6 bridgehead atoms. The Kier molecular flexibility index (Phi) is 15.6. The van der Waals surface area contributed by atoms with Gasteiger partial charge in [-0.2, -0.15) is 0 Å². The number of esters is 1. The maximum atomic E-state index is 14.8. The summed E-state index contributed by atoms with van der Waals surface area (Å²) in [6.07, 6.45) is 7.24. The molecule has 2 aromatic heterocycles. The van der Waals surface area contributed by atoms with Crippen LogP contribution < -0.4 is 16.1 Å². The van der Waals surface area contributed by atoms with E-state index in [1.54, 1.807) is 31.6 Å². The second-order valence-electron chi connectivity index (χ2n) is 20.2. The van der Waals surface area contributed by atoms with Crippen molar-refractivity contribution in [3.8, 4) is 22.4 Å². The van der Waals surface area contributed by atoms with Crippen LogP contribution in [-0.4, -0.2) is 107 Å². The van der Waals surface area contributed by atoms with Crippen LogP contribution in [0.1, 0.15) is 110 Å². The van der Waals surface area contributed by atoms with Gasteiger partial charge in [-0.1, -0.05) is 58.0 Å². The third-order valence-electron chi connectivity index (χ3n) is 13.7. The van der Waals surface area contributed by atoms with Crippen LogP contribution in [-0.2, 0) is 48.0 Å². The molecule has 0 radical (unpaired) electrons. The number of cyclic esters (lactones) is 1. The molecular weight excluding hydrogens is 845 g/mol. The molecule has 1 aliphatic carbocycles. The summed E-state index contributed by atoms with van der Waals surface area (Å²) in [4.78, 5) is 68.4. The summed E-state index contributed by atoms with van der Waals surface area (Å²) in [6, 6.07) is 16.5. The predicted molar refractivity (Wildman–Crippen MR) is 263 cm³/mol. The minimum atomic E-state index is -1.01. The van der Waals surface area contributed by atoms with Gasteiger partial charge in [0.2, 0.25) is 11.8 Å². The largest absolute Gasteiger partial charge is 0.464 e. The fourth-order valence-electron chi connectivity index (χ4n) is 10.2. The van der Waals surface area contributed by atoms with Crippen molar-refractivity contribution in [2.24, 2.45) is 22.2 Å². The number of nitrogens with zero attached hydrogens (tertiary/aromatic N) is 5. The first kappa shape index (κ1) is 49.3. The monoisotopic (exact) mass is 917 g/mol. The highest BCUT2D eigenvalue weighted by atomic mass is 16.5. The van der Waals surface area contributed by atoms with Gasteiger partial charge in [0.05, 0.1) is 36.5 Å². The molecular formula is C53H72N8O6. The maximum Gasteiger partial charge on any atom is 0.324 e. The van der Waals surface area contributed by atoms with Crippen molar-refractivity contribution in [3.63, 3.8) is 0 Å². The van der Waals surface area contributed by atoms with E-state index in [0.29, 0.717) is 45.2 Å². The van der Waals surface area contributed by atoms with Crippen molar-refractivity contribution in [2.45, 2.75) is 143 Å². The molecule has 3 amide bonds. The zero-order valence-corrected chi connectivity index (χ0v) is 41.2. The van der Waals surface area contributed by atoms with E-state index in [4.69, 9.17) is 14.5 Å². The Morgan fingerprint density at radius 3 is 2.55 bits per heavy atom. The summed E-state index contributed by atoms with van der Waals surface area (Å²) in [5, 5.41) is 8.88. The number of amides is 3. The molecule has 6 atom stereocenters. The number of hydrogen-bond acceptors (Lipinski definition) is 9. The Balaban J connectivity index is 1.26. The van der Waals surface area contributed by atoms with E-state index in [1.165, 1.54) is 5.01 Å². The van der Waals surface area contributed by atoms with Gasteiger partial charge in [0.15, 0.2) is 0 Å². The lowest BCUT2D eigenvalue weighted by Gasteiger charge is -2.37. The average molecular weight is 917 g/mol. The number of methoxy groups -OCH3 is 1. The van der Waals surface area contributed by atoms with Gasteiger partial charge in [-0.25, -0.2) is 5.43 Å².